The van der Waals surface area contributed by atoms with Gasteiger partial charge in [-0.2, -0.15) is 0 Å². The van der Waals surface area contributed by atoms with Crippen LogP contribution in [0.4, 0.5) is 0 Å². The lowest BCUT2D eigenvalue weighted by Crippen LogP contribution is -2.46. The minimum absolute atomic E-state index is 0.302. The van der Waals surface area contributed by atoms with E-state index in [1.165, 1.54) is 19.3 Å². The van der Waals surface area contributed by atoms with Crippen LogP contribution in [-0.4, -0.2) is 61.6 Å². The molecule has 86 valence electrons. The van der Waals surface area contributed by atoms with E-state index in [4.69, 9.17) is 4.74 Å². The average Bonchev–Trinajstić information content (AvgIpc) is 2.31. The van der Waals surface area contributed by atoms with Gasteiger partial charge in [0, 0.05) is 26.2 Å². The number of carbonyl (C=O) groups is 1. The maximum Gasteiger partial charge on any atom is 0.236 e. The lowest BCUT2D eigenvalue weighted by Gasteiger charge is -2.31. The van der Waals surface area contributed by atoms with Gasteiger partial charge in [-0.1, -0.05) is 0 Å². The summed E-state index contributed by atoms with van der Waals surface area (Å²) in [7, 11) is 0. The first-order chi connectivity index (χ1) is 7.36. The Morgan fingerprint density at radius 1 is 1.00 bits per heavy atom. The second kappa shape index (κ2) is 5.47. The average molecular weight is 212 g/mol. The molecule has 2 aliphatic rings. The van der Waals surface area contributed by atoms with E-state index in [1.54, 1.807) is 0 Å². The summed E-state index contributed by atoms with van der Waals surface area (Å²) in [6.07, 6.45) is 3.63. The zero-order valence-electron chi connectivity index (χ0n) is 9.28. The van der Waals surface area contributed by atoms with Crippen molar-refractivity contribution < 1.29 is 9.53 Å². The zero-order chi connectivity index (χ0) is 10.5. The molecule has 0 aromatic carbocycles. The van der Waals surface area contributed by atoms with Crippen LogP contribution in [0.15, 0.2) is 0 Å². The Morgan fingerprint density at radius 3 is 2.33 bits per heavy atom. The third kappa shape index (κ3) is 3.18. The summed E-state index contributed by atoms with van der Waals surface area (Å²) in [4.78, 5) is 16.1. The van der Waals surface area contributed by atoms with E-state index in [-0.39, 0.29) is 0 Å². The van der Waals surface area contributed by atoms with E-state index in [9.17, 15) is 4.79 Å². The first-order valence-electron chi connectivity index (χ1n) is 5.94. The van der Waals surface area contributed by atoms with Crippen molar-refractivity contribution in [3.63, 3.8) is 0 Å². The van der Waals surface area contributed by atoms with Crippen LogP contribution in [0.1, 0.15) is 19.3 Å². The van der Waals surface area contributed by atoms with Gasteiger partial charge in [0.2, 0.25) is 5.91 Å². The Labute approximate surface area is 91.2 Å². The fourth-order valence-electron chi connectivity index (χ4n) is 2.19. The van der Waals surface area contributed by atoms with E-state index in [1.807, 2.05) is 4.90 Å². The fraction of sp³-hybridized carbons (Fsp3) is 0.909. The molecule has 4 heteroatoms. The summed E-state index contributed by atoms with van der Waals surface area (Å²) in [6, 6.07) is 0. The van der Waals surface area contributed by atoms with Gasteiger partial charge in [-0.15, -0.1) is 0 Å². The van der Waals surface area contributed by atoms with Crippen molar-refractivity contribution in [1.82, 2.24) is 9.80 Å². The van der Waals surface area contributed by atoms with Crippen molar-refractivity contribution in [2.24, 2.45) is 0 Å². The molecule has 4 nitrogen and oxygen atoms in total. The number of carbonyl (C=O) groups excluding carboxylic acids is 1. The monoisotopic (exact) mass is 212 g/mol. The number of rotatable bonds is 2. The van der Waals surface area contributed by atoms with Crippen LogP contribution in [0, 0.1) is 0 Å². The largest absolute Gasteiger partial charge is 0.379 e. The molecule has 2 fully saturated rings. The molecule has 0 aromatic rings. The Hall–Kier alpha value is -0.610. The Morgan fingerprint density at radius 2 is 1.67 bits per heavy atom. The molecule has 2 heterocycles. The summed E-state index contributed by atoms with van der Waals surface area (Å²) in [5, 5.41) is 0. The molecule has 0 bridgehead atoms. The van der Waals surface area contributed by atoms with E-state index in [0.29, 0.717) is 12.5 Å². The Balaban J connectivity index is 1.74. The highest BCUT2D eigenvalue weighted by molar-refractivity contribution is 5.78. The minimum atomic E-state index is 0.302. The summed E-state index contributed by atoms with van der Waals surface area (Å²) < 4.78 is 5.26. The highest BCUT2D eigenvalue weighted by Gasteiger charge is 2.20. The van der Waals surface area contributed by atoms with Crippen molar-refractivity contribution in [3.8, 4) is 0 Å². The fourth-order valence-corrected chi connectivity index (χ4v) is 2.19. The summed E-state index contributed by atoms with van der Waals surface area (Å²) >= 11 is 0. The maximum atomic E-state index is 11.9. The smallest absolute Gasteiger partial charge is 0.236 e. The van der Waals surface area contributed by atoms with Gasteiger partial charge in [-0.25, -0.2) is 0 Å². The number of nitrogens with zero attached hydrogens (tertiary/aromatic N) is 2. The zero-order valence-corrected chi connectivity index (χ0v) is 9.28. The molecule has 1 amide bonds. The number of hydrogen-bond acceptors (Lipinski definition) is 3. The molecule has 2 saturated heterocycles. The van der Waals surface area contributed by atoms with Crippen LogP contribution < -0.4 is 0 Å². The topological polar surface area (TPSA) is 32.8 Å². The number of piperidine rings is 1. The van der Waals surface area contributed by atoms with E-state index in [2.05, 4.69) is 4.90 Å². The van der Waals surface area contributed by atoms with Gasteiger partial charge in [-0.05, 0) is 19.3 Å². The molecule has 15 heavy (non-hydrogen) atoms. The first-order valence-corrected chi connectivity index (χ1v) is 5.94. The van der Waals surface area contributed by atoms with Gasteiger partial charge >= 0.3 is 0 Å². The van der Waals surface area contributed by atoms with E-state index < -0.39 is 0 Å². The van der Waals surface area contributed by atoms with Gasteiger partial charge in [-0.3, -0.25) is 9.69 Å². The van der Waals surface area contributed by atoms with Crippen LogP contribution in [-0.2, 0) is 9.53 Å². The van der Waals surface area contributed by atoms with Crippen molar-refractivity contribution in [3.05, 3.63) is 0 Å². The van der Waals surface area contributed by atoms with Gasteiger partial charge in [0.25, 0.3) is 0 Å². The van der Waals surface area contributed by atoms with Gasteiger partial charge in [0.05, 0.1) is 19.8 Å². The van der Waals surface area contributed by atoms with Crippen molar-refractivity contribution >= 4 is 5.91 Å². The van der Waals surface area contributed by atoms with Gasteiger partial charge in [0.1, 0.15) is 0 Å². The van der Waals surface area contributed by atoms with Crippen LogP contribution in [0.2, 0.25) is 0 Å². The van der Waals surface area contributed by atoms with Crippen LogP contribution >= 0.6 is 0 Å². The normalized spacial score (nSPS) is 24.1. The number of morpholine rings is 1. The standard InChI is InChI=1S/C11H20N2O2/c14-11(13-4-2-1-3-5-13)10-12-6-8-15-9-7-12/h1-10H2. The third-order valence-electron chi connectivity index (χ3n) is 3.17. The highest BCUT2D eigenvalue weighted by atomic mass is 16.5. The molecule has 2 rings (SSSR count). The number of ether oxygens (including phenoxy) is 1. The summed E-state index contributed by atoms with van der Waals surface area (Å²) in [6.45, 7) is 5.86. The molecule has 0 aromatic heterocycles. The van der Waals surface area contributed by atoms with Crippen molar-refractivity contribution in [2.45, 2.75) is 19.3 Å². The minimum Gasteiger partial charge on any atom is -0.379 e. The maximum absolute atomic E-state index is 11.9. The molecule has 0 spiro atoms. The number of amides is 1. The molecule has 2 aliphatic heterocycles. The van der Waals surface area contributed by atoms with Crippen molar-refractivity contribution in [2.75, 3.05) is 45.9 Å². The van der Waals surface area contributed by atoms with E-state index >= 15 is 0 Å². The van der Waals surface area contributed by atoms with Crippen molar-refractivity contribution in [1.29, 1.82) is 0 Å². The molecule has 0 radical (unpaired) electrons. The van der Waals surface area contributed by atoms with E-state index in [0.717, 1.165) is 39.4 Å². The van der Waals surface area contributed by atoms with Crippen LogP contribution in [0.25, 0.3) is 0 Å². The molecule has 0 unspecified atom stereocenters. The molecular formula is C11H20N2O2. The lowest BCUT2D eigenvalue weighted by atomic mass is 10.1. The van der Waals surface area contributed by atoms with Crippen LogP contribution in [0.5, 0.6) is 0 Å². The second-order valence-electron chi connectivity index (χ2n) is 4.33. The molecule has 0 N–H and O–H groups in total. The predicted octanol–water partition coefficient (Wildman–Crippen LogP) is 0.331. The second-order valence-corrected chi connectivity index (χ2v) is 4.33. The van der Waals surface area contributed by atoms with Crippen LogP contribution in [0.3, 0.4) is 0 Å². The quantitative estimate of drug-likeness (QED) is 0.661. The van der Waals surface area contributed by atoms with Gasteiger partial charge < -0.3 is 9.64 Å². The Bertz CT molecular complexity index is 209. The number of likely N-dealkylation sites (tertiary alicyclic amines) is 1. The highest BCUT2D eigenvalue weighted by Crippen LogP contribution is 2.09. The molecular weight excluding hydrogens is 192 g/mol. The molecule has 0 aliphatic carbocycles. The SMILES string of the molecule is O=C(CN1CCOCC1)N1CCCCC1. The first kappa shape index (κ1) is 10.9. The number of hydrogen-bond donors (Lipinski definition) is 0. The predicted molar refractivity (Wildman–Crippen MR) is 57.7 cm³/mol. The van der Waals surface area contributed by atoms with Gasteiger partial charge in [0.15, 0.2) is 0 Å². The molecule has 0 saturated carbocycles. The summed E-state index contributed by atoms with van der Waals surface area (Å²) in [5.41, 5.74) is 0. The summed E-state index contributed by atoms with van der Waals surface area (Å²) in [5.74, 6) is 0.302. The third-order valence-corrected chi connectivity index (χ3v) is 3.17. The molecule has 0 atom stereocenters. The lowest BCUT2D eigenvalue weighted by molar-refractivity contribution is -0.134. The Kier molecular flexibility index (Phi) is 3.97.